The Labute approximate surface area is 251 Å². The number of guanidine groups is 1. The van der Waals surface area contributed by atoms with Gasteiger partial charge in [0.15, 0.2) is 5.96 Å². The summed E-state index contributed by atoms with van der Waals surface area (Å²) in [6.07, 6.45) is 1.33. The van der Waals surface area contributed by atoms with Gasteiger partial charge in [-0.05, 0) is 42.0 Å². The zero-order valence-corrected chi connectivity index (χ0v) is 24.5. The van der Waals surface area contributed by atoms with Crippen molar-refractivity contribution in [3.05, 3.63) is 65.7 Å². The smallest absolute Gasteiger partial charge is 0.326 e. The van der Waals surface area contributed by atoms with Gasteiger partial charge in [0.2, 0.25) is 17.7 Å². The third-order valence-corrected chi connectivity index (χ3v) is 7.00. The SMILES string of the molecule is CCC(C)C(NC(=O)C(Cc1ccccc1)NC(=O)C(N)CCCN=C(N)N)C(=O)NC(Cc1ccc(O)cc1)C(=O)O. The molecule has 0 aliphatic carbocycles. The maximum absolute atomic E-state index is 13.6. The van der Waals surface area contributed by atoms with Crippen LogP contribution in [0.4, 0.5) is 0 Å². The van der Waals surface area contributed by atoms with Crippen LogP contribution in [0.1, 0.15) is 44.2 Å². The van der Waals surface area contributed by atoms with Crippen molar-refractivity contribution < 1.29 is 29.4 Å². The van der Waals surface area contributed by atoms with Crippen LogP contribution >= 0.6 is 0 Å². The van der Waals surface area contributed by atoms with E-state index in [-0.39, 0.29) is 36.9 Å². The number of phenolic OH excluding ortho intramolecular Hbond substituents is 1. The topological polar surface area (TPSA) is 235 Å². The molecule has 0 fully saturated rings. The van der Waals surface area contributed by atoms with Crippen LogP contribution in [0.3, 0.4) is 0 Å². The Kier molecular flexibility index (Phi) is 13.9. The van der Waals surface area contributed by atoms with Gasteiger partial charge in [-0.1, -0.05) is 62.7 Å². The summed E-state index contributed by atoms with van der Waals surface area (Å²) < 4.78 is 0. The zero-order chi connectivity index (χ0) is 31.9. The van der Waals surface area contributed by atoms with E-state index in [2.05, 4.69) is 20.9 Å². The van der Waals surface area contributed by atoms with Gasteiger partial charge in [0.05, 0.1) is 6.04 Å². The second-order valence-corrected chi connectivity index (χ2v) is 10.4. The number of phenols is 1. The van der Waals surface area contributed by atoms with E-state index in [1.54, 1.807) is 43.3 Å². The van der Waals surface area contributed by atoms with E-state index in [4.69, 9.17) is 17.2 Å². The number of amides is 3. The minimum atomic E-state index is -1.28. The molecule has 3 amide bonds. The highest BCUT2D eigenvalue weighted by Gasteiger charge is 2.33. The van der Waals surface area contributed by atoms with E-state index in [1.807, 2.05) is 13.0 Å². The van der Waals surface area contributed by atoms with Crippen LogP contribution in [0.2, 0.25) is 0 Å². The maximum Gasteiger partial charge on any atom is 0.326 e. The van der Waals surface area contributed by atoms with E-state index in [0.717, 1.165) is 5.56 Å². The van der Waals surface area contributed by atoms with Gasteiger partial charge in [0.25, 0.3) is 0 Å². The van der Waals surface area contributed by atoms with Gasteiger partial charge in [-0.15, -0.1) is 0 Å². The summed E-state index contributed by atoms with van der Waals surface area (Å²) >= 11 is 0. The minimum Gasteiger partial charge on any atom is -0.508 e. The molecule has 0 saturated heterocycles. The number of benzene rings is 2. The molecule has 0 spiro atoms. The lowest BCUT2D eigenvalue weighted by atomic mass is 9.96. The van der Waals surface area contributed by atoms with Crippen LogP contribution in [0.25, 0.3) is 0 Å². The summed E-state index contributed by atoms with van der Waals surface area (Å²) in [4.78, 5) is 55.8. The molecule has 0 aromatic heterocycles. The van der Waals surface area contributed by atoms with Gasteiger partial charge in [-0.25, -0.2) is 4.79 Å². The summed E-state index contributed by atoms with van der Waals surface area (Å²) in [6, 6.07) is 10.7. The summed E-state index contributed by atoms with van der Waals surface area (Å²) in [7, 11) is 0. The third-order valence-electron chi connectivity index (χ3n) is 7.00. The van der Waals surface area contributed by atoms with E-state index in [9.17, 15) is 29.4 Å². The van der Waals surface area contributed by atoms with Crippen molar-refractivity contribution in [2.45, 2.75) is 70.1 Å². The average molecular weight is 598 g/mol. The van der Waals surface area contributed by atoms with Crippen molar-refractivity contribution in [2.24, 2.45) is 28.1 Å². The van der Waals surface area contributed by atoms with E-state index >= 15 is 0 Å². The number of carboxylic acid groups (broad SMARTS) is 1. The van der Waals surface area contributed by atoms with Gasteiger partial charge in [-0.2, -0.15) is 0 Å². The standard InChI is InChI=1S/C30H43N7O6/c1-3-18(2)25(28(41)36-24(29(42)43)17-20-11-13-21(38)14-12-20)37-27(40)23(16-19-8-5-4-6-9-19)35-26(39)22(31)10-7-15-34-30(32)33/h4-6,8-9,11-14,18,22-25,38H,3,7,10,15-17,31H2,1-2H3,(H,35,39)(H,36,41)(H,37,40)(H,42,43)(H4,32,33,34). The van der Waals surface area contributed by atoms with Crippen molar-refractivity contribution in [1.29, 1.82) is 0 Å². The number of carbonyl (C=O) groups is 4. The van der Waals surface area contributed by atoms with Crippen molar-refractivity contribution in [3.8, 4) is 5.75 Å². The Hall–Kier alpha value is -4.65. The largest absolute Gasteiger partial charge is 0.508 e. The first-order valence-electron chi connectivity index (χ1n) is 14.2. The highest BCUT2D eigenvalue weighted by molar-refractivity contribution is 5.94. The highest BCUT2D eigenvalue weighted by Crippen LogP contribution is 2.14. The maximum atomic E-state index is 13.6. The number of aliphatic carboxylic acids is 1. The van der Waals surface area contributed by atoms with Crippen LogP contribution in [-0.4, -0.2) is 70.6 Å². The van der Waals surface area contributed by atoms with Gasteiger partial charge >= 0.3 is 5.97 Å². The van der Waals surface area contributed by atoms with Crippen molar-refractivity contribution in [1.82, 2.24) is 16.0 Å². The molecule has 234 valence electrons. The number of hydrogen-bond acceptors (Lipinski definition) is 7. The van der Waals surface area contributed by atoms with Gasteiger partial charge < -0.3 is 43.4 Å². The molecule has 2 rings (SSSR count). The fourth-order valence-electron chi connectivity index (χ4n) is 4.27. The van der Waals surface area contributed by atoms with E-state index in [1.165, 1.54) is 12.1 Å². The predicted octanol–water partition coefficient (Wildman–Crippen LogP) is 0.143. The third kappa shape index (κ3) is 12.0. The van der Waals surface area contributed by atoms with Crippen LogP contribution < -0.4 is 33.2 Å². The molecule has 5 atom stereocenters. The minimum absolute atomic E-state index is 0.0308. The number of nitrogens with zero attached hydrogens (tertiary/aromatic N) is 1. The summed E-state index contributed by atoms with van der Waals surface area (Å²) in [5.74, 6) is -3.48. The first-order valence-corrected chi connectivity index (χ1v) is 14.2. The summed E-state index contributed by atoms with van der Waals surface area (Å²) in [5.41, 5.74) is 18.1. The Morgan fingerprint density at radius 1 is 0.837 bits per heavy atom. The van der Waals surface area contributed by atoms with E-state index < -0.39 is 47.9 Å². The fourth-order valence-corrected chi connectivity index (χ4v) is 4.27. The Morgan fingerprint density at radius 3 is 2.00 bits per heavy atom. The van der Waals surface area contributed by atoms with Crippen LogP contribution in [0.15, 0.2) is 59.6 Å². The molecule has 0 aliphatic heterocycles. The lowest BCUT2D eigenvalue weighted by Gasteiger charge is -2.28. The fraction of sp³-hybridized carbons (Fsp3) is 0.433. The quantitative estimate of drug-likeness (QED) is 0.0702. The lowest BCUT2D eigenvalue weighted by molar-refractivity contribution is -0.142. The lowest BCUT2D eigenvalue weighted by Crippen LogP contribution is -2.59. The second kappa shape index (κ2) is 17.3. The zero-order valence-electron chi connectivity index (χ0n) is 24.5. The molecule has 0 radical (unpaired) electrons. The number of carboxylic acids is 1. The molecule has 43 heavy (non-hydrogen) atoms. The number of rotatable bonds is 17. The molecule has 0 saturated carbocycles. The molecular weight excluding hydrogens is 554 g/mol. The Bertz CT molecular complexity index is 1240. The summed E-state index contributed by atoms with van der Waals surface area (Å²) in [5, 5.41) is 27.3. The normalized spacial score (nSPS) is 14.3. The highest BCUT2D eigenvalue weighted by atomic mass is 16.4. The number of aliphatic imine (C=N–C) groups is 1. The van der Waals surface area contributed by atoms with Gasteiger partial charge in [-0.3, -0.25) is 19.4 Å². The molecule has 0 bridgehead atoms. The van der Waals surface area contributed by atoms with Crippen LogP contribution in [0, 0.1) is 5.92 Å². The number of hydrogen-bond donors (Lipinski definition) is 8. The Morgan fingerprint density at radius 2 is 1.42 bits per heavy atom. The molecule has 2 aromatic rings. The molecular formula is C30H43N7O6. The number of nitrogens with two attached hydrogens (primary N) is 3. The molecule has 0 aliphatic rings. The molecule has 5 unspecified atom stereocenters. The first kappa shape index (κ1) is 34.6. The number of aromatic hydroxyl groups is 1. The van der Waals surface area contributed by atoms with E-state index in [0.29, 0.717) is 24.9 Å². The monoisotopic (exact) mass is 597 g/mol. The Balaban J connectivity index is 2.19. The molecule has 0 heterocycles. The predicted molar refractivity (Wildman–Crippen MR) is 163 cm³/mol. The van der Waals surface area contributed by atoms with Crippen molar-refractivity contribution in [3.63, 3.8) is 0 Å². The van der Waals surface area contributed by atoms with Crippen molar-refractivity contribution in [2.75, 3.05) is 6.54 Å². The van der Waals surface area contributed by atoms with Gasteiger partial charge in [0, 0.05) is 19.4 Å². The summed E-state index contributed by atoms with van der Waals surface area (Å²) in [6.45, 7) is 3.90. The second-order valence-electron chi connectivity index (χ2n) is 10.4. The van der Waals surface area contributed by atoms with Crippen LogP contribution in [-0.2, 0) is 32.0 Å². The van der Waals surface area contributed by atoms with Crippen LogP contribution in [0.5, 0.6) is 5.75 Å². The molecule has 2 aromatic carbocycles. The average Bonchev–Trinajstić information content (AvgIpc) is 2.98. The molecule has 11 N–H and O–H groups in total. The molecule has 13 heteroatoms. The molecule has 13 nitrogen and oxygen atoms in total. The van der Waals surface area contributed by atoms with Gasteiger partial charge in [0.1, 0.15) is 23.9 Å². The first-order chi connectivity index (χ1) is 20.4. The number of nitrogens with one attached hydrogen (secondary N) is 3. The number of carbonyl (C=O) groups excluding carboxylic acids is 3. The van der Waals surface area contributed by atoms with Crippen molar-refractivity contribution >= 4 is 29.7 Å².